The summed E-state index contributed by atoms with van der Waals surface area (Å²) in [6.45, 7) is 14.1. The summed E-state index contributed by atoms with van der Waals surface area (Å²) in [6, 6.07) is 15.6. The van der Waals surface area contributed by atoms with E-state index in [1.54, 1.807) is 0 Å². The van der Waals surface area contributed by atoms with Gasteiger partial charge in [-0.2, -0.15) is 0 Å². The first-order valence-electron chi connectivity index (χ1n) is 10.7. The molecule has 0 amide bonds. The number of benzene rings is 2. The minimum absolute atomic E-state index is 0.168. The Balaban J connectivity index is 1.68. The van der Waals surface area contributed by atoms with Crippen LogP contribution >= 0.6 is 0 Å². The van der Waals surface area contributed by atoms with Crippen molar-refractivity contribution >= 4 is 18.6 Å². The molecular formula is C25H33BO5. The molecule has 2 aromatic rings. The number of esters is 1. The molecule has 31 heavy (non-hydrogen) atoms. The summed E-state index contributed by atoms with van der Waals surface area (Å²) < 4.78 is 23.8. The minimum Gasteiger partial charge on any atom is -0.489 e. The Bertz CT molecular complexity index is 914. The van der Waals surface area contributed by atoms with Crippen molar-refractivity contribution in [2.45, 2.75) is 78.3 Å². The molecule has 0 bridgehead atoms. The molecule has 5 nitrogen and oxygen atoms in total. The second kappa shape index (κ2) is 8.68. The molecule has 1 saturated heterocycles. The summed E-state index contributed by atoms with van der Waals surface area (Å²) >= 11 is 0. The molecule has 1 fully saturated rings. The molecule has 166 valence electrons. The third-order valence-electron chi connectivity index (χ3n) is 5.60. The van der Waals surface area contributed by atoms with Crippen molar-refractivity contribution in [3.63, 3.8) is 0 Å². The van der Waals surface area contributed by atoms with E-state index in [-0.39, 0.29) is 23.6 Å². The molecule has 3 rings (SSSR count). The second-order valence-corrected chi connectivity index (χ2v) is 9.99. The Labute approximate surface area is 186 Å². The van der Waals surface area contributed by atoms with Gasteiger partial charge in [0.05, 0.1) is 17.6 Å². The monoisotopic (exact) mass is 424 g/mol. The van der Waals surface area contributed by atoms with Gasteiger partial charge in [-0.3, -0.25) is 4.79 Å². The van der Waals surface area contributed by atoms with Crippen LogP contribution in [0, 0.1) is 0 Å². The van der Waals surface area contributed by atoms with E-state index >= 15 is 0 Å². The van der Waals surface area contributed by atoms with Crippen molar-refractivity contribution in [1.29, 1.82) is 0 Å². The van der Waals surface area contributed by atoms with Crippen LogP contribution in [-0.4, -0.2) is 29.9 Å². The first-order valence-corrected chi connectivity index (χ1v) is 10.7. The number of ether oxygens (including phenoxy) is 2. The zero-order chi connectivity index (χ0) is 22.9. The first-order chi connectivity index (χ1) is 14.4. The van der Waals surface area contributed by atoms with Crippen molar-refractivity contribution in [2.24, 2.45) is 0 Å². The highest BCUT2D eigenvalue weighted by atomic mass is 16.7. The number of para-hydroxylation sites is 1. The Morgan fingerprint density at radius 2 is 1.61 bits per heavy atom. The van der Waals surface area contributed by atoms with Crippen LogP contribution in [0.15, 0.2) is 48.5 Å². The lowest BCUT2D eigenvalue weighted by atomic mass is 9.78. The van der Waals surface area contributed by atoms with Gasteiger partial charge in [0.1, 0.15) is 18.0 Å². The van der Waals surface area contributed by atoms with Crippen LogP contribution in [-0.2, 0) is 31.9 Å². The van der Waals surface area contributed by atoms with E-state index in [0.29, 0.717) is 12.4 Å². The third-order valence-corrected chi connectivity index (χ3v) is 5.60. The molecule has 1 heterocycles. The van der Waals surface area contributed by atoms with Gasteiger partial charge in [-0.15, -0.1) is 0 Å². The van der Waals surface area contributed by atoms with E-state index in [2.05, 4.69) is 0 Å². The van der Waals surface area contributed by atoms with Crippen LogP contribution in [0.2, 0.25) is 0 Å². The molecular weight excluding hydrogens is 391 g/mol. The molecule has 0 aliphatic carbocycles. The van der Waals surface area contributed by atoms with Gasteiger partial charge in [-0.1, -0.05) is 42.5 Å². The van der Waals surface area contributed by atoms with Gasteiger partial charge >= 0.3 is 13.1 Å². The fourth-order valence-electron chi connectivity index (χ4n) is 3.29. The first kappa shape index (κ1) is 23.4. The Morgan fingerprint density at radius 1 is 0.968 bits per heavy atom. The quantitative estimate of drug-likeness (QED) is 0.507. The van der Waals surface area contributed by atoms with Gasteiger partial charge in [-0.25, -0.2) is 0 Å². The highest BCUT2D eigenvalue weighted by Gasteiger charge is 2.51. The lowest BCUT2D eigenvalue weighted by molar-refractivity contribution is -0.153. The SMILES string of the molecule is CC(C)(C)OC(=O)Cc1ccccc1OCc1cccc(B2OC(C)(C)C(C)(C)O2)c1. The summed E-state index contributed by atoms with van der Waals surface area (Å²) in [4.78, 5) is 12.2. The molecule has 0 spiro atoms. The normalized spacial score (nSPS) is 17.5. The maximum absolute atomic E-state index is 12.2. The highest BCUT2D eigenvalue weighted by molar-refractivity contribution is 6.62. The number of carbonyl (C=O) groups excluding carboxylic acids is 1. The van der Waals surface area contributed by atoms with Crippen molar-refractivity contribution in [1.82, 2.24) is 0 Å². The van der Waals surface area contributed by atoms with Crippen LogP contribution in [0.4, 0.5) is 0 Å². The molecule has 1 aliphatic heterocycles. The maximum Gasteiger partial charge on any atom is 0.494 e. The number of rotatable bonds is 6. The lowest BCUT2D eigenvalue weighted by Gasteiger charge is -2.32. The molecule has 1 aliphatic rings. The summed E-state index contributed by atoms with van der Waals surface area (Å²) in [6.07, 6.45) is 0.168. The summed E-state index contributed by atoms with van der Waals surface area (Å²) in [5.41, 5.74) is 1.48. The van der Waals surface area contributed by atoms with Gasteiger partial charge in [-0.05, 0) is 65.6 Å². The van der Waals surface area contributed by atoms with Crippen LogP contribution in [0.1, 0.15) is 59.6 Å². The molecule has 6 heteroatoms. The average molecular weight is 424 g/mol. The lowest BCUT2D eigenvalue weighted by Crippen LogP contribution is -2.41. The van der Waals surface area contributed by atoms with Crippen molar-refractivity contribution in [2.75, 3.05) is 0 Å². The number of hydrogen-bond acceptors (Lipinski definition) is 5. The number of hydrogen-bond donors (Lipinski definition) is 0. The Kier molecular flexibility index (Phi) is 6.54. The van der Waals surface area contributed by atoms with E-state index in [1.165, 1.54) is 0 Å². The van der Waals surface area contributed by atoms with E-state index in [0.717, 1.165) is 16.6 Å². The van der Waals surface area contributed by atoms with Gasteiger partial charge in [0.25, 0.3) is 0 Å². The molecule has 0 aromatic heterocycles. The second-order valence-electron chi connectivity index (χ2n) is 9.99. The fraction of sp³-hybridized carbons (Fsp3) is 0.480. The zero-order valence-electron chi connectivity index (χ0n) is 19.7. The minimum atomic E-state index is -0.513. The van der Waals surface area contributed by atoms with Crippen LogP contribution in [0.25, 0.3) is 0 Å². The zero-order valence-corrected chi connectivity index (χ0v) is 19.7. The number of carbonyl (C=O) groups is 1. The van der Waals surface area contributed by atoms with E-state index in [9.17, 15) is 4.79 Å². The Morgan fingerprint density at radius 3 is 2.26 bits per heavy atom. The molecule has 0 unspecified atom stereocenters. The molecule has 0 N–H and O–H groups in total. The van der Waals surface area contributed by atoms with Crippen LogP contribution in [0.3, 0.4) is 0 Å². The molecule has 0 saturated carbocycles. The standard InChI is InChI=1S/C25H33BO5/c1-23(2,3)29-22(27)16-19-12-8-9-14-21(19)28-17-18-11-10-13-20(15-18)26-30-24(4,5)25(6,7)31-26/h8-15H,16-17H2,1-7H3. The smallest absolute Gasteiger partial charge is 0.489 e. The summed E-state index contributed by atoms with van der Waals surface area (Å²) in [5, 5.41) is 0. The Hall–Kier alpha value is -2.31. The topological polar surface area (TPSA) is 54.0 Å². The predicted molar refractivity (Wildman–Crippen MR) is 122 cm³/mol. The third kappa shape index (κ3) is 5.89. The maximum atomic E-state index is 12.2. The fourth-order valence-corrected chi connectivity index (χ4v) is 3.29. The van der Waals surface area contributed by atoms with E-state index < -0.39 is 12.7 Å². The van der Waals surface area contributed by atoms with E-state index in [1.807, 2.05) is 97.0 Å². The van der Waals surface area contributed by atoms with Crippen molar-refractivity contribution in [3.05, 3.63) is 59.7 Å². The van der Waals surface area contributed by atoms with Gasteiger partial charge < -0.3 is 18.8 Å². The largest absolute Gasteiger partial charge is 0.494 e. The molecule has 2 aromatic carbocycles. The van der Waals surface area contributed by atoms with Crippen LogP contribution < -0.4 is 10.2 Å². The average Bonchev–Trinajstić information content (AvgIpc) is 2.87. The molecule has 0 radical (unpaired) electrons. The van der Waals surface area contributed by atoms with Gasteiger partial charge in [0, 0.05) is 5.56 Å². The summed E-state index contributed by atoms with van der Waals surface area (Å²) in [5.74, 6) is 0.403. The van der Waals surface area contributed by atoms with Crippen LogP contribution in [0.5, 0.6) is 5.75 Å². The highest BCUT2D eigenvalue weighted by Crippen LogP contribution is 2.36. The van der Waals surface area contributed by atoms with Gasteiger partial charge in [0.2, 0.25) is 0 Å². The van der Waals surface area contributed by atoms with E-state index in [4.69, 9.17) is 18.8 Å². The predicted octanol–water partition coefficient (Wildman–Crippen LogP) is 4.45. The van der Waals surface area contributed by atoms with Gasteiger partial charge in [0.15, 0.2) is 0 Å². The summed E-state index contributed by atoms with van der Waals surface area (Å²) in [7, 11) is -0.413. The molecule has 0 atom stereocenters. The van der Waals surface area contributed by atoms with Crippen molar-refractivity contribution < 1.29 is 23.6 Å². The van der Waals surface area contributed by atoms with Crippen molar-refractivity contribution in [3.8, 4) is 5.75 Å².